The van der Waals surface area contributed by atoms with Gasteiger partial charge < -0.3 is 30.2 Å². The Morgan fingerprint density at radius 3 is 2.87 bits per heavy atom. The molecule has 0 aromatic heterocycles. The Morgan fingerprint density at radius 1 is 1.30 bits per heavy atom. The van der Waals surface area contributed by atoms with Crippen LogP contribution in [0.15, 0.2) is 23.2 Å². The molecule has 1 aliphatic heterocycles. The van der Waals surface area contributed by atoms with Crippen LogP contribution >= 0.6 is 0 Å². The number of rotatable bonds is 7. The highest BCUT2D eigenvalue weighted by molar-refractivity contribution is 5.92. The van der Waals surface area contributed by atoms with Crippen LogP contribution in [-0.4, -0.2) is 64.5 Å². The second-order valence-electron chi connectivity index (χ2n) is 5.40. The van der Waals surface area contributed by atoms with Crippen molar-refractivity contribution in [2.75, 3.05) is 58.9 Å². The minimum atomic E-state index is 0.389. The topological polar surface area (TPSA) is 81.3 Å². The van der Waals surface area contributed by atoms with Crippen LogP contribution in [0.3, 0.4) is 0 Å². The monoisotopic (exact) mass is 322 g/mol. The zero-order chi connectivity index (χ0) is 16.5. The van der Waals surface area contributed by atoms with E-state index in [1.165, 1.54) is 0 Å². The number of methoxy groups -OCH3 is 1. The molecule has 0 bridgehead atoms. The number of ether oxygens (including phenoxy) is 3. The normalized spacial score (nSPS) is 14.7. The fraction of sp³-hybridized carbons (Fsp3) is 0.562. The molecule has 1 aliphatic rings. The molecular weight excluding hydrogens is 296 g/mol. The molecule has 7 nitrogen and oxygen atoms in total. The quantitative estimate of drug-likeness (QED) is 0.579. The Balaban J connectivity index is 1.83. The van der Waals surface area contributed by atoms with Gasteiger partial charge in [-0.3, -0.25) is 4.99 Å². The number of hydrogen-bond donors (Lipinski definition) is 2. The van der Waals surface area contributed by atoms with E-state index in [0.29, 0.717) is 32.3 Å². The molecule has 1 aromatic rings. The molecule has 1 aromatic carbocycles. The highest BCUT2D eigenvalue weighted by atomic mass is 16.5. The molecule has 0 saturated carbocycles. The summed E-state index contributed by atoms with van der Waals surface area (Å²) >= 11 is 0. The number of benzene rings is 1. The van der Waals surface area contributed by atoms with E-state index in [2.05, 4.69) is 15.2 Å². The number of nitrogens with one attached hydrogen (secondary N) is 1. The molecule has 0 amide bonds. The fourth-order valence-corrected chi connectivity index (χ4v) is 2.13. The number of hydrogen-bond acceptors (Lipinski definition) is 5. The summed E-state index contributed by atoms with van der Waals surface area (Å²) in [6.07, 6.45) is 0.887. The van der Waals surface area contributed by atoms with Gasteiger partial charge in [0, 0.05) is 38.4 Å². The first-order chi connectivity index (χ1) is 11.2. The van der Waals surface area contributed by atoms with Gasteiger partial charge in [-0.15, -0.1) is 0 Å². The van der Waals surface area contributed by atoms with Crippen molar-refractivity contribution in [1.82, 2.24) is 4.90 Å². The summed E-state index contributed by atoms with van der Waals surface area (Å²) in [7, 11) is 3.73. The van der Waals surface area contributed by atoms with Crippen molar-refractivity contribution in [1.29, 1.82) is 0 Å². The van der Waals surface area contributed by atoms with E-state index >= 15 is 0 Å². The zero-order valence-corrected chi connectivity index (χ0v) is 13.9. The van der Waals surface area contributed by atoms with Crippen molar-refractivity contribution in [2.24, 2.45) is 10.7 Å². The lowest BCUT2D eigenvalue weighted by atomic mass is 10.3. The van der Waals surface area contributed by atoms with Crippen molar-refractivity contribution in [3.05, 3.63) is 18.2 Å². The molecule has 0 radical (unpaired) electrons. The molecule has 1 heterocycles. The number of aliphatic imine (C=N–C) groups is 1. The molecule has 0 atom stereocenters. The third kappa shape index (κ3) is 5.96. The van der Waals surface area contributed by atoms with Gasteiger partial charge in [0.1, 0.15) is 0 Å². The van der Waals surface area contributed by atoms with Crippen LogP contribution < -0.4 is 20.5 Å². The molecule has 128 valence electrons. The zero-order valence-electron chi connectivity index (χ0n) is 13.9. The van der Waals surface area contributed by atoms with Gasteiger partial charge in [0.05, 0.1) is 26.4 Å². The van der Waals surface area contributed by atoms with E-state index in [0.717, 1.165) is 36.7 Å². The highest BCUT2D eigenvalue weighted by Gasteiger charge is 2.10. The molecule has 0 unspecified atom stereocenters. The maximum absolute atomic E-state index is 5.92. The highest BCUT2D eigenvalue weighted by Crippen LogP contribution is 2.32. The van der Waals surface area contributed by atoms with Crippen LogP contribution in [0.1, 0.15) is 6.42 Å². The molecule has 2 rings (SSSR count). The predicted molar refractivity (Wildman–Crippen MR) is 91.5 cm³/mol. The molecule has 0 spiro atoms. The Bertz CT molecular complexity index is 522. The van der Waals surface area contributed by atoms with Crippen LogP contribution in [-0.2, 0) is 4.74 Å². The maximum atomic E-state index is 5.92. The van der Waals surface area contributed by atoms with E-state index in [4.69, 9.17) is 19.9 Å². The van der Waals surface area contributed by atoms with Gasteiger partial charge in [0.2, 0.25) is 0 Å². The summed E-state index contributed by atoms with van der Waals surface area (Å²) in [5.74, 6) is 1.89. The van der Waals surface area contributed by atoms with E-state index in [1.54, 1.807) is 7.11 Å². The first-order valence-corrected chi connectivity index (χ1v) is 7.83. The van der Waals surface area contributed by atoms with Gasteiger partial charge in [-0.05, 0) is 19.2 Å². The average Bonchev–Trinajstić information content (AvgIpc) is 2.77. The molecule has 0 fully saturated rings. The van der Waals surface area contributed by atoms with Gasteiger partial charge in [-0.1, -0.05) is 0 Å². The molecule has 0 saturated heterocycles. The van der Waals surface area contributed by atoms with Crippen molar-refractivity contribution in [3.63, 3.8) is 0 Å². The molecular formula is C16H26N4O3. The second kappa shape index (κ2) is 9.22. The molecule has 3 N–H and O–H groups in total. The predicted octanol–water partition coefficient (Wildman–Crippen LogP) is 1.15. The lowest BCUT2D eigenvalue weighted by Crippen LogP contribution is -2.28. The summed E-state index contributed by atoms with van der Waals surface area (Å²) in [5, 5.41) is 3.08. The van der Waals surface area contributed by atoms with Crippen LogP contribution in [0, 0.1) is 0 Å². The Hall–Kier alpha value is -1.99. The number of guanidine groups is 1. The van der Waals surface area contributed by atoms with Crippen LogP contribution in [0.4, 0.5) is 5.69 Å². The molecule has 7 heteroatoms. The Labute approximate surface area is 137 Å². The van der Waals surface area contributed by atoms with Gasteiger partial charge >= 0.3 is 0 Å². The fourth-order valence-electron chi connectivity index (χ4n) is 2.13. The van der Waals surface area contributed by atoms with Crippen molar-refractivity contribution in [2.45, 2.75) is 6.42 Å². The van der Waals surface area contributed by atoms with Gasteiger partial charge in [-0.2, -0.15) is 0 Å². The second-order valence-corrected chi connectivity index (χ2v) is 5.40. The number of fused-ring (bicyclic) bond motifs is 1. The molecule has 0 aliphatic carbocycles. The van der Waals surface area contributed by atoms with Crippen LogP contribution in [0.2, 0.25) is 0 Å². The Morgan fingerprint density at radius 2 is 2.09 bits per heavy atom. The summed E-state index contributed by atoms with van der Waals surface area (Å²) in [4.78, 5) is 6.47. The van der Waals surface area contributed by atoms with Gasteiger partial charge in [0.25, 0.3) is 0 Å². The van der Waals surface area contributed by atoms with E-state index in [1.807, 2.05) is 25.2 Å². The summed E-state index contributed by atoms with van der Waals surface area (Å²) in [6.45, 7) is 4.39. The van der Waals surface area contributed by atoms with Crippen molar-refractivity contribution < 1.29 is 14.2 Å². The third-order valence-corrected chi connectivity index (χ3v) is 3.46. The lowest BCUT2D eigenvalue weighted by Gasteiger charge is -2.14. The van der Waals surface area contributed by atoms with E-state index in [9.17, 15) is 0 Å². The van der Waals surface area contributed by atoms with Crippen LogP contribution in [0.25, 0.3) is 0 Å². The standard InChI is InChI=1S/C16H26N4O3/c1-20(8-11-21-2)7-6-18-16(17)19-13-4-5-14-15(12-13)23-10-3-9-22-14/h4-5,12H,3,6-11H2,1-2H3,(H3,17,18,19). The summed E-state index contributed by atoms with van der Waals surface area (Å²) in [6, 6.07) is 5.67. The first-order valence-electron chi connectivity index (χ1n) is 7.83. The summed E-state index contributed by atoms with van der Waals surface area (Å²) in [5.41, 5.74) is 6.76. The lowest BCUT2D eigenvalue weighted by molar-refractivity contribution is 0.163. The first kappa shape index (κ1) is 17.4. The third-order valence-electron chi connectivity index (χ3n) is 3.46. The SMILES string of the molecule is COCCN(C)CCN=C(N)Nc1ccc2c(c1)OCCCO2. The van der Waals surface area contributed by atoms with Gasteiger partial charge in [0.15, 0.2) is 17.5 Å². The van der Waals surface area contributed by atoms with Crippen LogP contribution in [0.5, 0.6) is 11.5 Å². The van der Waals surface area contributed by atoms with Crippen molar-refractivity contribution in [3.8, 4) is 11.5 Å². The average molecular weight is 322 g/mol. The number of nitrogens with two attached hydrogens (primary N) is 1. The minimum Gasteiger partial charge on any atom is -0.490 e. The number of nitrogens with zero attached hydrogens (tertiary/aromatic N) is 2. The van der Waals surface area contributed by atoms with E-state index < -0.39 is 0 Å². The Kier molecular flexibility index (Phi) is 6.96. The maximum Gasteiger partial charge on any atom is 0.193 e. The minimum absolute atomic E-state index is 0.389. The van der Waals surface area contributed by atoms with Gasteiger partial charge in [-0.25, -0.2) is 0 Å². The largest absolute Gasteiger partial charge is 0.490 e. The van der Waals surface area contributed by atoms with E-state index in [-0.39, 0.29) is 0 Å². The number of likely N-dealkylation sites (N-methyl/N-ethyl adjacent to an activating group) is 1. The molecule has 23 heavy (non-hydrogen) atoms. The van der Waals surface area contributed by atoms with Crippen molar-refractivity contribution >= 4 is 11.6 Å². The smallest absolute Gasteiger partial charge is 0.193 e. The number of anilines is 1. The summed E-state index contributed by atoms with van der Waals surface area (Å²) < 4.78 is 16.3.